The Bertz CT molecular complexity index is 980. The smallest absolute Gasteiger partial charge is 0.308 e. The largest absolute Gasteiger partial charge is 0.479 e. The van der Waals surface area contributed by atoms with Gasteiger partial charge in [-0.05, 0) is 44.2 Å². The van der Waals surface area contributed by atoms with E-state index in [4.69, 9.17) is 16.3 Å². The van der Waals surface area contributed by atoms with Crippen LogP contribution in [0.5, 0.6) is 5.75 Å². The molecular weight excluding hydrogens is 360 g/mol. The maximum absolute atomic E-state index is 12.3. The van der Waals surface area contributed by atoms with Gasteiger partial charge < -0.3 is 10.1 Å². The van der Waals surface area contributed by atoms with Crippen molar-refractivity contribution in [1.29, 1.82) is 0 Å². The highest BCUT2D eigenvalue weighted by Crippen LogP contribution is 2.25. The number of nitrogens with one attached hydrogen (secondary N) is 1. The molecule has 0 unspecified atom stereocenters. The summed E-state index contributed by atoms with van der Waals surface area (Å²) in [6.07, 6.45) is -0.713. The number of para-hydroxylation sites is 1. The zero-order chi connectivity index (χ0) is 18.0. The molecule has 1 heterocycles. The predicted molar refractivity (Wildman–Crippen MR) is 102 cm³/mol. The summed E-state index contributed by atoms with van der Waals surface area (Å²) < 4.78 is 8.15. The number of hydrogen-bond donors (Lipinski definition) is 1. The van der Waals surface area contributed by atoms with E-state index in [0.717, 1.165) is 21.6 Å². The van der Waals surface area contributed by atoms with E-state index in [2.05, 4.69) is 5.32 Å². The lowest BCUT2D eigenvalue weighted by atomic mass is 10.2. The minimum Gasteiger partial charge on any atom is -0.479 e. The van der Waals surface area contributed by atoms with Crippen LogP contribution < -0.4 is 14.9 Å². The average molecular weight is 377 g/mol. The number of carbonyl (C=O) groups is 1. The van der Waals surface area contributed by atoms with Gasteiger partial charge in [-0.1, -0.05) is 35.1 Å². The SMILES string of the molecule is CCn1c(=O)sc2cc(NC(=O)[C@H](C)Oc3ccccc3Cl)ccc21. The second-order valence-corrected chi connectivity index (χ2v) is 6.87. The second kappa shape index (κ2) is 7.29. The number of anilines is 1. The zero-order valence-corrected chi connectivity index (χ0v) is 15.4. The predicted octanol–water partition coefficient (Wildman–Crippen LogP) is 4.14. The molecule has 7 heteroatoms. The molecule has 3 rings (SSSR count). The van der Waals surface area contributed by atoms with Crippen LogP contribution in [0.25, 0.3) is 10.2 Å². The van der Waals surface area contributed by atoms with Crippen molar-refractivity contribution >= 4 is 44.7 Å². The van der Waals surface area contributed by atoms with Crippen LogP contribution in [0, 0.1) is 0 Å². The molecule has 0 fully saturated rings. The highest BCUT2D eigenvalue weighted by molar-refractivity contribution is 7.16. The van der Waals surface area contributed by atoms with Gasteiger partial charge in [0.15, 0.2) is 6.10 Å². The van der Waals surface area contributed by atoms with E-state index in [0.29, 0.717) is 23.0 Å². The van der Waals surface area contributed by atoms with Gasteiger partial charge in [-0.15, -0.1) is 0 Å². The first-order chi connectivity index (χ1) is 12.0. The van der Waals surface area contributed by atoms with E-state index in [1.54, 1.807) is 47.9 Å². The van der Waals surface area contributed by atoms with Crippen molar-refractivity contribution in [3.8, 4) is 5.75 Å². The molecule has 5 nitrogen and oxygen atoms in total. The zero-order valence-electron chi connectivity index (χ0n) is 13.8. The number of rotatable bonds is 5. The Morgan fingerprint density at radius 2 is 2.08 bits per heavy atom. The summed E-state index contributed by atoms with van der Waals surface area (Å²) in [6.45, 7) is 4.20. The van der Waals surface area contributed by atoms with Crippen LogP contribution in [0.15, 0.2) is 47.3 Å². The topological polar surface area (TPSA) is 60.3 Å². The van der Waals surface area contributed by atoms with E-state index in [1.807, 2.05) is 13.0 Å². The van der Waals surface area contributed by atoms with Gasteiger partial charge in [-0.25, -0.2) is 0 Å². The Labute approximate surface area is 153 Å². The summed E-state index contributed by atoms with van der Waals surface area (Å²) in [4.78, 5) is 24.3. The van der Waals surface area contributed by atoms with E-state index in [-0.39, 0.29) is 10.8 Å². The lowest BCUT2D eigenvalue weighted by Gasteiger charge is -2.15. The molecule has 0 aliphatic heterocycles. The third-order valence-electron chi connectivity index (χ3n) is 3.76. The lowest BCUT2D eigenvalue weighted by Crippen LogP contribution is -2.30. The summed E-state index contributed by atoms with van der Waals surface area (Å²) in [5, 5.41) is 3.26. The number of aryl methyl sites for hydroxylation is 1. The van der Waals surface area contributed by atoms with Gasteiger partial charge in [0.1, 0.15) is 5.75 Å². The minimum absolute atomic E-state index is 0.00334. The molecule has 25 heavy (non-hydrogen) atoms. The van der Waals surface area contributed by atoms with Crippen LogP contribution in [-0.2, 0) is 11.3 Å². The third-order valence-corrected chi connectivity index (χ3v) is 5.02. The lowest BCUT2D eigenvalue weighted by molar-refractivity contribution is -0.122. The van der Waals surface area contributed by atoms with Crippen molar-refractivity contribution in [2.45, 2.75) is 26.5 Å². The van der Waals surface area contributed by atoms with Crippen molar-refractivity contribution in [3.63, 3.8) is 0 Å². The first-order valence-electron chi connectivity index (χ1n) is 7.85. The highest BCUT2D eigenvalue weighted by Gasteiger charge is 2.17. The fourth-order valence-corrected chi connectivity index (χ4v) is 3.65. The number of halogens is 1. The Kier molecular flexibility index (Phi) is 5.11. The van der Waals surface area contributed by atoms with Gasteiger partial charge in [0, 0.05) is 12.2 Å². The number of nitrogens with zero attached hydrogens (tertiary/aromatic N) is 1. The fraction of sp³-hybridized carbons (Fsp3) is 0.222. The van der Waals surface area contributed by atoms with E-state index >= 15 is 0 Å². The average Bonchev–Trinajstić information content (AvgIpc) is 2.91. The van der Waals surface area contributed by atoms with Crippen molar-refractivity contribution in [1.82, 2.24) is 4.57 Å². The molecule has 1 amide bonds. The molecule has 0 saturated heterocycles. The first-order valence-corrected chi connectivity index (χ1v) is 9.04. The van der Waals surface area contributed by atoms with Crippen molar-refractivity contribution in [3.05, 3.63) is 57.2 Å². The summed E-state index contributed by atoms with van der Waals surface area (Å²) in [5.74, 6) is 0.169. The van der Waals surface area contributed by atoms with Gasteiger partial charge in [-0.2, -0.15) is 0 Å². The van der Waals surface area contributed by atoms with E-state index < -0.39 is 6.10 Å². The number of aromatic nitrogens is 1. The Morgan fingerprint density at radius 3 is 2.80 bits per heavy atom. The molecule has 0 bridgehead atoms. The fourth-order valence-electron chi connectivity index (χ4n) is 2.47. The molecule has 0 spiro atoms. The maximum atomic E-state index is 12.3. The Hall–Kier alpha value is -2.31. The molecule has 0 aliphatic carbocycles. The molecule has 1 aromatic heterocycles. The summed E-state index contributed by atoms with van der Waals surface area (Å²) in [5.41, 5.74) is 1.49. The number of fused-ring (bicyclic) bond motifs is 1. The normalized spacial score (nSPS) is 12.1. The number of ether oxygens (including phenoxy) is 1. The first kappa shape index (κ1) is 17.5. The van der Waals surface area contributed by atoms with Crippen LogP contribution in [0.2, 0.25) is 5.02 Å². The molecule has 3 aromatic rings. The molecule has 1 N–H and O–H groups in total. The van der Waals surface area contributed by atoms with Gasteiger partial charge in [0.2, 0.25) is 0 Å². The van der Waals surface area contributed by atoms with Crippen molar-refractivity contribution in [2.75, 3.05) is 5.32 Å². The molecule has 0 aliphatic rings. The van der Waals surface area contributed by atoms with Crippen LogP contribution >= 0.6 is 22.9 Å². The highest BCUT2D eigenvalue weighted by atomic mass is 35.5. The molecule has 0 saturated carbocycles. The number of carbonyl (C=O) groups excluding carboxylic acids is 1. The van der Waals surface area contributed by atoms with Crippen LogP contribution in [-0.4, -0.2) is 16.6 Å². The van der Waals surface area contributed by atoms with Gasteiger partial charge >= 0.3 is 4.87 Å². The number of benzene rings is 2. The van der Waals surface area contributed by atoms with Crippen LogP contribution in [0.4, 0.5) is 5.69 Å². The van der Waals surface area contributed by atoms with E-state index in [1.165, 1.54) is 0 Å². The summed E-state index contributed by atoms with van der Waals surface area (Å²) >= 11 is 7.21. The van der Waals surface area contributed by atoms with Gasteiger partial charge in [-0.3, -0.25) is 14.2 Å². The number of thiazole rings is 1. The van der Waals surface area contributed by atoms with Crippen molar-refractivity contribution in [2.24, 2.45) is 0 Å². The van der Waals surface area contributed by atoms with Crippen molar-refractivity contribution < 1.29 is 9.53 Å². The molecule has 130 valence electrons. The van der Waals surface area contributed by atoms with Crippen LogP contribution in [0.3, 0.4) is 0 Å². The maximum Gasteiger partial charge on any atom is 0.308 e. The third kappa shape index (κ3) is 3.70. The second-order valence-electron chi connectivity index (χ2n) is 5.47. The van der Waals surface area contributed by atoms with Crippen LogP contribution in [0.1, 0.15) is 13.8 Å². The molecule has 0 radical (unpaired) electrons. The van der Waals surface area contributed by atoms with Gasteiger partial charge in [0.05, 0.1) is 15.2 Å². The molecule has 2 aromatic carbocycles. The Balaban J connectivity index is 1.75. The number of hydrogen-bond acceptors (Lipinski definition) is 4. The molecule has 1 atom stereocenters. The minimum atomic E-state index is -0.713. The van der Waals surface area contributed by atoms with E-state index in [9.17, 15) is 9.59 Å². The Morgan fingerprint density at radius 1 is 1.32 bits per heavy atom. The summed E-state index contributed by atoms with van der Waals surface area (Å²) in [7, 11) is 0. The molecular formula is C18H17ClN2O3S. The summed E-state index contributed by atoms with van der Waals surface area (Å²) in [6, 6.07) is 12.4. The standard InChI is InChI=1S/C18H17ClN2O3S/c1-3-21-14-9-8-12(10-16(14)25-18(21)23)20-17(22)11(2)24-15-7-5-4-6-13(15)19/h4-11H,3H2,1-2H3,(H,20,22)/t11-/m0/s1. The number of amides is 1. The quantitative estimate of drug-likeness (QED) is 0.727. The van der Waals surface area contributed by atoms with Gasteiger partial charge in [0.25, 0.3) is 5.91 Å². The monoisotopic (exact) mass is 376 g/mol.